The summed E-state index contributed by atoms with van der Waals surface area (Å²) in [5.74, 6) is 0.950. The largest absolute Gasteiger partial charge is 0.368 e. The third-order valence-corrected chi connectivity index (χ3v) is 5.96. The summed E-state index contributed by atoms with van der Waals surface area (Å²) < 4.78 is 0. The molecule has 2 aromatic rings. The minimum absolute atomic E-state index is 0.0452. The highest BCUT2D eigenvalue weighted by molar-refractivity contribution is 5.82. The van der Waals surface area contributed by atoms with E-state index >= 15 is 0 Å². The van der Waals surface area contributed by atoms with E-state index in [0.717, 1.165) is 51.1 Å². The number of likely N-dealkylation sites (N-methyl/N-ethyl adjacent to an activating group) is 1. The van der Waals surface area contributed by atoms with Gasteiger partial charge in [0.1, 0.15) is 0 Å². The molecular weight excluding hydrogens is 338 g/mol. The maximum atomic E-state index is 13.3. The van der Waals surface area contributed by atoms with Crippen LogP contribution in [0, 0.1) is 0 Å². The van der Waals surface area contributed by atoms with Crippen molar-refractivity contribution in [2.24, 2.45) is 0 Å². The van der Waals surface area contributed by atoms with Gasteiger partial charge in [-0.05, 0) is 43.0 Å². The molecule has 0 unspecified atom stereocenters. The number of hydrogen-bond donors (Lipinski definition) is 1. The SMILES string of the molecule is CCN1Cc2ccccc2C[C@H]1C(=O)N1CCC(c2ccnc(N)n2)CC1. The number of amides is 1. The molecule has 1 aromatic carbocycles. The summed E-state index contributed by atoms with van der Waals surface area (Å²) in [6.07, 6.45) is 4.38. The monoisotopic (exact) mass is 365 g/mol. The van der Waals surface area contributed by atoms with E-state index in [1.54, 1.807) is 6.20 Å². The smallest absolute Gasteiger partial charge is 0.240 e. The van der Waals surface area contributed by atoms with Crippen molar-refractivity contribution in [1.82, 2.24) is 19.8 Å². The van der Waals surface area contributed by atoms with Gasteiger partial charge in [-0.1, -0.05) is 31.2 Å². The molecule has 2 aliphatic heterocycles. The van der Waals surface area contributed by atoms with Crippen LogP contribution in [0.25, 0.3) is 0 Å². The summed E-state index contributed by atoms with van der Waals surface area (Å²) in [5.41, 5.74) is 9.37. The molecule has 27 heavy (non-hydrogen) atoms. The molecule has 142 valence electrons. The summed E-state index contributed by atoms with van der Waals surface area (Å²) in [6, 6.07) is 10.4. The fourth-order valence-corrected chi connectivity index (χ4v) is 4.38. The highest BCUT2D eigenvalue weighted by Crippen LogP contribution is 2.29. The fourth-order valence-electron chi connectivity index (χ4n) is 4.38. The highest BCUT2D eigenvalue weighted by Gasteiger charge is 2.35. The van der Waals surface area contributed by atoms with Crippen LogP contribution in [0.4, 0.5) is 5.95 Å². The van der Waals surface area contributed by atoms with Crippen molar-refractivity contribution in [3.05, 3.63) is 53.3 Å². The second-order valence-corrected chi connectivity index (χ2v) is 7.49. The van der Waals surface area contributed by atoms with Crippen LogP contribution < -0.4 is 5.73 Å². The van der Waals surface area contributed by atoms with Gasteiger partial charge in [0.05, 0.1) is 6.04 Å². The number of rotatable bonds is 3. The van der Waals surface area contributed by atoms with Crippen LogP contribution in [-0.4, -0.2) is 51.4 Å². The standard InChI is InChI=1S/C21H27N5O/c1-2-25-14-17-6-4-3-5-16(17)13-19(25)20(27)26-11-8-15(9-12-26)18-7-10-23-21(22)24-18/h3-7,10,15,19H,2,8-9,11-14H2,1H3,(H2,22,23,24)/t19-/m0/s1. The number of aromatic nitrogens is 2. The second-order valence-electron chi connectivity index (χ2n) is 7.49. The molecule has 0 spiro atoms. The first kappa shape index (κ1) is 17.9. The van der Waals surface area contributed by atoms with Gasteiger partial charge in [0.2, 0.25) is 11.9 Å². The van der Waals surface area contributed by atoms with E-state index in [-0.39, 0.29) is 11.9 Å². The molecule has 1 amide bonds. The number of benzene rings is 1. The molecule has 0 radical (unpaired) electrons. The Morgan fingerprint density at radius 2 is 1.93 bits per heavy atom. The Hall–Kier alpha value is -2.47. The maximum absolute atomic E-state index is 13.3. The minimum atomic E-state index is -0.0452. The Morgan fingerprint density at radius 3 is 2.63 bits per heavy atom. The minimum Gasteiger partial charge on any atom is -0.368 e. The van der Waals surface area contributed by atoms with Gasteiger partial charge in [0, 0.05) is 37.4 Å². The first-order chi connectivity index (χ1) is 13.2. The maximum Gasteiger partial charge on any atom is 0.240 e. The van der Waals surface area contributed by atoms with Crippen LogP contribution >= 0.6 is 0 Å². The number of hydrogen-bond acceptors (Lipinski definition) is 5. The zero-order valence-corrected chi connectivity index (χ0v) is 15.8. The lowest BCUT2D eigenvalue weighted by Crippen LogP contribution is -2.53. The van der Waals surface area contributed by atoms with Gasteiger partial charge < -0.3 is 10.6 Å². The van der Waals surface area contributed by atoms with E-state index in [0.29, 0.717) is 11.9 Å². The summed E-state index contributed by atoms with van der Waals surface area (Å²) in [6.45, 7) is 5.45. The molecule has 0 aliphatic carbocycles. The Morgan fingerprint density at radius 1 is 1.19 bits per heavy atom. The van der Waals surface area contributed by atoms with Crippen molar-refractivity contribution >= 4 is 11.9 Å². The van der Waals surface area contributed by atoms with Gasteiger partial charge in [-0.15, -0.1) is 0 Å². The predicted octanol–water partition coefficient (Wildman–Crippen LogP) is 2.21. The normalized spacial score (nSPS) is 21.1. The summed E-state index contributed by atoms with van der Waals surface area (Å²) in [7, 11) is 0. The quantitative estimate of drug-likeness (QED) is 0.903. The lowest BCUT2D eigenvalue weighted by Gasteiger charge is -2.40. The topological polar surface area (TPSA) is 75.4 Å². The average molecular weight is 365 g/mol. The Balaban J connectivity index is 1.43. The molecule has 1 fully saturated rings. The third-order valence-electron chi connectivity index (χ3n) is 5.96. The molecule has 6 heteroatoms. The number of likely N-dealkylation sites (tertiary alicyclic amines) is 1. The van der Waals surface area contributed by atoms with Gasteiger partial charge in [0.25, 0.3) is 0 Å². The van der Waals surface area contributed by atoms with E-state index in [9.17, 15) is 4.79 Å². The fraction of sp³-hybridized carbons (Fsp3) is 0.476. The molecule has 1 saturated heterocycles. The molecule has 2 aliphatic rings. The Labute approximate surface area is 160 Å². The number of nitrogen functional groups attached to an aromatic ring is 1. The third kappa shape index (κ3) is 3.67. The van der Waals surface area contributed by atoms with Gasteiger partial charge in [0.15, 0.2) is 0 Å². The van der Waals surface area contributed by atoms with Crippen molar-refractivity contribution < 1.29 is 4.79 Å². The Bertz CT molecular complexity index is 816. The van der Waals surface area contributed by atoms with E-state index < -0.39 is 0 Å². The van der Waals surface area contributed by atoms with Gasteiger partial charge >= 0.3 is 0 Å². The molecule has 6 nitrogen and oxygen atoms in total. The van der Waals surface area contributed by atoms with Crippen molar-refractivity contribution in [2.45, 2.75) is 44.7 Å². The van der Waals surface area contributed by atoms with Crippen molar-refractivity contribution in [1.29, 1.82) is 0 Å². The average Bonchev–Trinajstić information content (AvgIpc) is 2.72. The summed E-state index contributed by atoms with van der Waals surface area (Å²) >= 11 is 0. The molecule has 0 bridgehead atoms. The van der Waals surface area contributed by atoms with Crippen molar-refractivity contribution in [3.63, 3.8) is 0 Å². The second kappa shape index (κ2) is 7.64. The first-order valence-corrected chi connectivity index (χ1v) is 9.83. The first-order valence-electron chi connectivity index (χ1n) is 9.83. The van der Waals surface area contributed by atoms with E-state index in [4.69, 9.17) is 5.73 Å². The van der Waals surface area contributed by atoms with E-state index in [1.165, 1.54) is 11.1 Å². The van der Waals surface area contributed by atoms with Gasteiger partial charge in [-0.3, -0.25) is 9.69 Å². The molecule has 4 rings (SSSR count). The predicted molar refractivity (Wildman–Crippen MR) is 105 cm³/mol. The Kier molecular flexibility index (Phi) is 5.07. The van der Waals surface area contributed by atoms with Gasteiger partial charge in [-0.2, -0.15) is 0 Å². The molecule has 3 heterocycles. The van der Waals surface area contributed by atoms with Crippen LogP contribution in [0.15, 0.2) is 36.5 Å². The van der Waals surface area contributed by atoms with Crippen molar-refractivity contribution in [3.8, 4) is 0 Å². The zero-order valence-electron chi connectivity index (χ0n) is 15.8. The lowest BCUT2D eigenvalue weighted by atomic mass is 9.90. The molecular formula is C21H27N5O. The number of piperidine rings is 1. The number of anilines is 1. The van der Waals surface area contributed by atoms with Gasteiger partial charge in [-0.25, -0.2) is 9.97 Å². The van der Waals surface area contributed by atoms with Crippen LogP contribution in [-0.2, 0) is 17.8 Å². The number of fused-ring (bicyclic) bond motifs is 1. The lowest BCUT2D eigenvalue weighted by molar-refractivity contribution is -0.138. The molecule has 1 aromatic heterocycles. The number of nitrogens with zero attached hydrogens (tertiary/aromatic N) is 4. The van der Waals surface area contributed by atoms with Crippen molar-refractivity contribution in [2.75, 3.05) is 25.4 Å². The van der Waals surface area contributed by atoms with Crippen LogP contribution in [0.1, 0.15) is 42.5 Å². The summed E-state index contributed by atoms with van der Waals surface area (Å²) in [5, 5.41) is 0. The van der Waals surface area contributed by atoms with Crippen LogP contribution in [0.3, 0.4) is 0 Å². The molecule has 1 atom stereocenters. The number of carbonyl (C=O) groups is 1. The molecule has 2 N–H and O–H groups in total. The highest BCUT2D eigenvalue weighted by atomic mass is 16.2. The summed E-state index contributed by atoms with van der Waals surface area (Å²) in [4.78, 5) is 26.0. The zero-order chi connectivity index (χ0) is 18.8. The van der Waals surface area contributed by atoms with E-state index in [2.05, 4.69) is 46.1 Å². The van der Waals surface area contributed by atoms with Crippen LogP contribution in [0.5, 0.6) is 0 Å². The number of nitrogens with two attached hydrogens (primary N) is 1. The van der Waals surface area contributed by atoms with Crippen LogP contribution in [0.2, 0.25) is 0 Å². The number of carbonyl (C=O) groups excluding carboxylic acids is 1. The van der Waals surface area contributed by atoms with E-state index in [1.807, 2.05) is 11.0 Å². The molecule has 0 saturated carbocycles.